The van der Waals surface area contributed by atoms with Crippen molar-refractivity contribution in [3.8, 4) is 11.3 Å². The number of carbonyl (C=O) groups is 1. The smallest absolute Gasteiger partial charge is 0.322 e. The molecule has 0 radical (unpaired) electrons. The molecule has 0 bridgehead atoms. The van der Waals surface area contributed by atoms with Crippen LogP contribution in [-0.4, -0.2) is 27.6 Å². The van der Waals surface area contributed by atoms with Crippen LogP contribution in [0.15, 0.2) is 30.3 Å². The molecule has 0 unspecified atom stereocenters. The lowest BCUT2D eigenvalue weighted by atomic mass is 10.1. The van der Waals surface area contributed by atoms with Crippen molar-refractivity contribution in [2.24, 2.45) is 0 Å². The molecule has 1 heterocycles. The van der Waals surface area contributed by atoms with Crippen molar-refractivity contribution < 1.29 is 9.90 Å². The van der Waals surface area contributed by atoms with E-state index in [9.17, 15) is 4.79 Å². The van der Waals surface area contributed by atoms with E-state index in [2.05, 4.69) is 15.3 Å². The average molecular weight is 278 g/mol. The molecule has 2 aromatic rings. The normalized spacial score (nSPS) is 10.2. The van der Waals surface area contributed by atoms with Crippen LogP contribution in [0.2, 0.25) is 5.02 Å². The molecule has 2 N–H and O–H groups in total. The predicted molar refractivity (Wildman–Crippen MR) is 73.3 cm³/mol. The number of halogens is 1. The zero-order valence-corrected chi connectivity index (χ0v) is 11.0. The second-order valence-corrected chi connectivity index (χ2v) is 4.38. The fourth-order valence-electron chi connectivity index (χ4n) is 1.59. The van der Waals surface area contributed by atoms with Crippen molar-refractivity contribution in [3.63, 3.8) is 0 Å². The maximum absolute atomic E-state index is 10.5. The van der Waals surface area contributed by atoms with Gasteiger partial charge in [0.15, 0.2) is 0 Å². The Bertz CT molecular complexity index is 599. The van der Waals surface area contributed by atoms with Gasteiger partial charge in [0.05, 0.1) is 5.69 Å². The van der Waals surface area contributed by atoms with Crippen LogP contribution in [0.1, 0.15) is 5.82 Å². The first-order valence-electron chi connectivity index (χ1n) is 5.62. The third kappa shape index (κ3) is 3.66. The van der Waals surface area contributed by atoms with Crippen LogP contribution in [0, 0.1) is 6.92 Å². The molecular formula is C13H12ClN3O2. The SMILES string of the molecule is Cc1nc(NCC(=O)O)cc(-c2ccc(Cl)cc2)n1. The Labute approximate surface area is 115 Å². The van der Waals surface area contributed by atoms with Gasteiger partial charge in [-0.25, -0.2) is 9.97 Å². The Hall–Kier alpha value is -2.14. The van der Waals surface area contributed by atoms with E-state index in [0.29, 0.717) is 16.7 Å². The van der Waals surface area contributed by atoms with Crippen LogP contribution in [-0.2, 0) is 4.79 Å². The van der Waals surface area contributed by atoms with Crippen molar-refractivity contribution in [3.05, 3.63) is 41.2 Å². The molecule has 1 aromatic carbocycles. The second-order valence-electron chi connectivity index (χ2n) is 3.94. The topological polar surface area (TPSA) is 75.1 Å². The summed E-state index contributed by atoms with van der Waals surface area (Å²) in [6, 6.07) is 8.96. The molecule has 0 fully saturated rings. The highest BCUT2D eigenvalue weighted by Gasteiger charge is 2.05. The largest absolute Gasteiger partial charge is 0.480 e. The van der Waals surface area contributed by atoms with Gasteiger partial charge in [-0.15, -0.1) is 0 Å². The van der Waals surface area contributed by atoms with Crippen LogP contribution in [0.3, 0.4) is 0 Å². The number of hydrogen-bond donors (Lipinski definition) is 2. The summed E-state index contributed by atoms with van der Waals surface area (Å²) in [5, 5.41) is 12.0. The number of benzene rings is 1. The molecule has 0 saturated carbocycles. The van der Waals surface area contributed by atoms with Crippen molar-refractivity contribution in [1.29, 1.82) is 0 Å². The molecule has 5 nitrogen and oxygen atoms in total. The first kappa shape index (κ1) is 13.3. The van der Waals surface area contributed by atoms with Gasteiger partial charge in [-0.05, 0) is 19.1 Å². The van der Waals surface area contributed by atoms with Crippen LogP contribution in [0.5, 0.6) is 0 Å². The average Bonchev–Trinajstić information content (AvgIpc) is 2.36. The highest BCUT2D eigenvalue weighted by Crippen LogP contribution is 2.21. The Morgan fingerprint density at radius 3 is 2.63 bits per heavy atom. The number of anilines is 1. The molecule has 19 heavy (non-hydrogen) atoms. The summed E-state index contributed by atoms with van der Waals surface area (Å²) in [5.41, 5.74) is 1.62. The molecule has 2 rings (SSSR count). The molecule has 0 amide bonds. The van der Waals surface area contributed by atoms with Gasteiger partial charge in [-0.1, -0.05) is 23.7 Å². The number of rotatable bonds is 4. The second kappa shape index (κ2) is 5.67. The zero-order valence-electron chi connectivity index (χ0n) is 10.2. The standard InChI is InChI=1S/C13H12ClN3O2/c1-8-16-11(9-2-4-10(14)5-3-9)6-12(17-8)15-7-13(18)19/h2-6H,7H2,1H3,(H,18,19)(H,15,16,17). The third-order valence-corrected chi connectivity index (χ3v) is 2.65. The lowest BCUT2D eigenvalue weighted by Crippen LogP contribution is -2.13. The Morgan fingerprint density at radius 2 is 2.00 bits per heavy atom. The molecule has 0 spiro atoms. The van der Waals surface area contributed by atoms with E-state index >= 15 is 0 Å². The lowest BCUT2D eigenvalue weighted by Gasteiger charge is -2.07. The van der Waals surface area contributed by atoms with Crippen molar-refractivity contribution in [2.75, 3.05) is 11.9 Å². The highest BCUT2D eigenvalue weighted by molar-refractivity contribution is 6.30. The van der Waals surface area contributed by atoms with Crippen molar-refractivity contribution in [1.82, 2.24) is 9.97 Å². The summed E-state index contributed by atoms with van der Waals surface area (Å²) < 4.78 is 0. The molecular weight excluding hydrogens is 266 g/mol. The summed E-state index contributed by atoms with van der Waals surface area (Å²) in [4.78, 5) is 19.0. The Balaban J connectivity index is 2.30. The number of carboxylic acids is 1. The van der Waals surface area contributed by atoms with Gasteiger partial charge in [0.1, 0.15) is 18.2 Å². The van der Waals surface area contributed by atoms with Crippen molar-refractivity contribution >= 4 is 23.4 Å². The van der Waals surface area contributed by atoms with Gasteiger partial charge in [0, 0.05) is 16.7 Å². The van der Waals surface area contributed by atoms with Gasteiger partial charge < -0.3 is 10.4 Å². The van der Waals surface area contributed by atoms with Crippen LogP contribution < -0.4 is 5.32 Å². The predicted octanol–water partition coefficient (Wildman–Crippen LogP) is 2.60. The summed E-state index contributed by atoms with van der Waals surface area (Å²) in [6.45, 7) is 1.57. The molecule has 0 aliphatic carbocycles. The molecule has 6 heteroatoms. The van der Waals surface area contributed by atoms with Gasteiger partial charge in [-0.3, -0.25) is 4.79 Å². The number of carboxylic acid groups (broad SMARTS) is 1. The fraction of sp³-hybridized carbons (Fsp3) is 0.154. The van der Waals surface area contributed by atoms with Gasteiger partial charge in [-0.2, -0.15) is 0 Å². The number of hydrogen-bond acceptors (Lipinski definition) is 4. The minimum atomic E-state index is -0.940. The zero-order chi connectivity index (χ0) is 13.8. The number of aromatic nitrogens is 2. The molecule has 0 saturated heterocycles. The Kier molecular flexibility index (Phi) is 3.97. The minimum Gasteiger partial charge on any atom is -0.480 e. The van der Waals surface area contributed by atoms with Gasteiger partial charge in [0.2, 0.25) is 0 Å². The number of nitrogens with one attached hydrogen (secondary N) is 1. The molecule has 1 aromatic heterocycles. The van der Waals surface area contributed by atoms with Gasteiger partial charge in [0.25, 0.3) is 0 Å². The van der Waals surface area contributed by atoms with E-state index in [1.165, 1.54) is 0 Å². The molecule has 0 aliphatic rings. The lowest BCUT2D eigenvalue weighted by molar-refractivity contribution is -0.134. The maximum atomic E-state index is 10.5. The minimum absolute atomic E-state index is 0.184. The summed E-state index contributed by atoms with van der Waals surface area (Å²) in [6.07, 6.45) is 0. The summed E-state index contributed by atoms with van der Waals surface area (Å²) in [5.74, 6) is 0.115. The first-order valence-corrected chi connectivity index (χ1v) is 5.99. The van der Waals surface area contributed by atoms with E-state index in [1.807, 2.05) is 12.1 Å². The number of nitrogens with zero attached hydrogens (tertiary/aromatic N) is 2. The van der Waals surface area contributed by atoms with E-state index in [4.69, 9.17) is 16.7 Å². The first-order chi connectivity index (χ1) is 9.04. The van der Waals surface area contributed by atoms with Crippen LogP contribution >= 0.6 is 11.6 Å². The third-order valence-electron chi connectivity index (χ3n) is 2.40. The fourth-order valence-corrected chi connectivity index (χ4v) is 1.72. The number of aryl methyl sites for hydroxylation is 1. The highest BCUT2D eigenvalue weighted by atomic mass is 35.5. The summed E-state index contributed by atoms with van der Waals surface area (Å²) in [7, 11) is 0. The molecule has 0 aliphatic heterocycles. The monoisotopic (exact) mass is 277 g/mol. The molecule has 0 atom stereocenters. The Morgan fingerprint density at radius 1 is 1.32 bits per heavy atom. The molecule has 98 valence electrons. The van der Waals surface area contributed by atoms with Crippen LogP contribution in [0.4, 0.5) is 5.82 Å². The quantitative estimate of drug-likeness (QED) is 0.898. The van der Waals surface area contributed by atoms with E-state index in [1.54, 1.807) is 25.1 Å². The maximum Gasteiger partial charge on any atom is 0.322 e. The van der Waals surface area contributed by atoms with Gasteiger partial charge >= 0.3 is 5.97 Å². The van der Waals surface area contributed by atoms with Crippen molar-refractivity contribution in [2.45, 2.75) is 6.92 Å². The van der Waals surface area contributed by atoms with E-state index in [0.717, 1.165) is 11.3 Å². The van der Waals surface area contributed by atoms with Crippen LogP contribution in [0.25, 0.3) is 11.3 Å². The van der Waals surface area contributed by atoms with E-state index < -0.39 is 5.97 Å². The van der Waals surface area contributed by atoms with E-state index in [-0.39, 0.29) is 6.54 Å². The summed E-state index contributed by atoms with van der Waals surface area (Å²) >= 11 is 5.84. The number of aliphatic carboxylic acids is 1.